The Balaban J connectivity index is 2.05. The Hall–Kier alpha value is -2.75. The minimum Gasteiger partial charge on any atom is -0.396 e. The predicted octanol–water partition coefficient (Wildman–Crippen LogP) is 3.17. The molecule has 0 amide bonds. The van der Waals surface area contributed by atoms with Crippen LogP contribution in [0.2, 0.25) is 0 Å². The molecule has 0 spiro atoms. The number of hydrogen-bond acceptors (Lipinski definition) is 4. The molecule has 0 aliphatic carbocycles. The van der Waals surface area contributed by atoms with Gasteiger partial charge in [0.2, 0.25) is 0 Å². The summed E-state index contributed by atoms with van der Waals surface area (Å²) < 4.78 is 37.3. The molecule has 2 rings (SSSR count). The summed E-state index contributed by atoms with van der Waals surface area (Å²) >= 11 is 0. The van der Waals surface area contributed by atoms with Gasteiger partial charge >= 0.3 is 6.18 Å². The van der Waals surface area contributed by atoms with E-state index in [1.54, 1.807) is 12.1 Å². The van der Waals surface area contributed by atoms with E-state index < -0.39 is 11.7 Å². The first kappa shape index (κ1) is 14.7. The second kappa shape index (κ2) is 5.71. The molecule has 0 aliphatic rings. The van der Waals surface area contributed by atoms with Crippen LogP contribution in [0, 0.1) is 11.3 Å². The summed E-state index contributed by atoms with van der Waals surface area (Å²) in [4.78, 5) is 3.99. The van der Waals surface area contributed by atoms with Gasteiger partial charge in [0, 0.05) is 6.54 Å². The molecule has 1 heterocycles. The lowest BCUT2D eigenvalue weighted by Crippen LogP contribution is -2.06. The lowest BCUT2D eigenvalue weighted by atomic mass is 10.1. The van der Waals surface area contributed by atoms with Crippen molar-refractivity contribution in [3.05, 3.63) is 53.2 Å². The highest BCUT2D eigenvalue weighted by Crippen LogP contribution is 2.29. The van der Waals surface area contributed by atoms with Crippen molar-refractivity contribution in [2.75, 3.05) is 11.1 Å². The summed E-state index contributed by atoms with van der Waals surface area (Å²) in [6.45, 7) is 0.292. The van der Waals surface area contributed by atoms with Crippen molar-refractivity contribution in [3.63, 3.8) is 0 Å². The Morgan fingerprint density at radius 2 is 1.81 bits per heavy atom. The van der Waals surface area contributed by atoms with Crippen molar-refractivity contribution >= 4 is 11.5 Å². The van der Waals surface area contributed by atoms with Crippen LogP contribution < -0.4 is 11.1 Å². The number of rotatable bonds is 3. The van der Waals surface area contributed by atoms with Crippen LogP contribution in [-0.4, -0.2) is 4.98 Å². The van der Waals surface area contributed by atoms with Crippen molar-refractivity contribution in [3.8, 4) is 6.07 Å². The highest BCUT2D eigenvalue weighted by Gasteiger charge is 2.29. The Kier molecular flexibility index (Phi) is 3.98. The van der Waals surface area contributed by atoms with E-state index in [1.165, 1.54) is 12.1 Å². The second-order valence-electron chi connectivity index (χ2n) is 4.29. The second-order valence-corrected chi connectivity index (χ2v) is 4.29. The maximum Gasteiger partial charge on any atom is 0.416 e. The monoisotopic (exact) mass is 292 g/mol. The van der Waals surface area contributed by atoms with Gasteiger partial charge in [-0.15, -0.1) is 0 Å². The summed E-state index contributed by atoms with van der Waals surface area (Å²) in [6, 6.07) is 9.81. The van der Waals surface area contributed by atoms with E-state index in [0.717, 1.165) is 12.1 Å². The van der Waals surface area contributed by atoms with Crippen LogP contribution >= 0.6 is 0 Å². The van der Waals surface area contributed by atoms with Crippen LogP contribution in [0.3, 0.4) is 0 Å². The van der Waals surface area contributed by atoms with E-state index in [9.17, 15) is 13.2 Å². The Bertz CT molecular complexity index is 672. The number of alkyl halides is 3. The molecule has 0 bridgehead atoms. The summed E-state index contributed by atoms with van der Waals surface area (Å²) in [5, 5.41) is 11.7. The molecule has 0 saturated heterocycles. The van der Waals surface area contributed by atoms with Crippen LogP contribution in [0.4, 0.5) is 24.7 Å². The van der Waals surface area contributed by atoms with Crippen molar-refractivity contribution in [2.24, 2.45) is 0 Å². The van der Waals surface area contributed by atoms with Gasteiger partial charge in [0.05, 0.1) is 11.3 Å². The molecule has 1 aromatic carbocycles. The molecular formula is C14H11F3N4. The van der Waals surface area contributed by atoms with Crippen molar-refractivity contribution < 1.29 is 13.2 Å². The quantitative estimate of drug-likeness (QED) is 0.911. The molecule has 0 radical (unpaired) electrons. The fourth-order valence-electron chi connectivity index (χ4n) is 1.66. The van der Waals surface area contributed by atoms with Gasteiger partial charge in [0.1, 0.15) is 11.9 Å². The number of pyridine rings is 1. The van der Waals surface area contributed by atoms with Crippen LogP contribution in [0.25, 0.3) is 0 Å². The third kappa shape index (κ3) is 3.63. The fraction of sp³-hybridized carbons (Fsp3) is 0.143. The standard InChI is InChI=1S/C14H11F3N4/c15-14(16,17)10-3-1-9(2-4-10)8-20-13-6-5-11(19)12(7-18)21-13/h1-6H,8,19H2,(H,20,21). The molecule has 3 N–H and O–H groups in total. The number of halogens is 3. The minimum atomic E-state index is -4.34. The molecule has 4 nitrogen and oxygen atoms in total. The van der Waals surface area contributed by atoms with E-state index in [4.69, 9.17) is 11.0 Å². The van der Waals surface area contributed by atoms with Gasteiger partial charge in [0.25, 0.3) is 0 Å². The maximum absolute atomic E-state index is 12.4. The Morgan fingerprint density at radius 1 is 1.14 bits per heavy atom. The maximum atomic E-state index is 12.4. The SMILES string of the molecule is N#Cc1nc(NCc2ccc(C(F)(F)F)cc2)ccc1N. The third-order valence-electron chi connectivity index (χ3n) is 2.79. The molecule has 7 heteroatoms. The average Bonchev–Trinajstić information content (AvgIpc) is 2.46. The highest BCUT2D eigenvalue weighted by molar-refractivity contribution is 5.54. The number of nitrogens with two attached hydrogens (primary N) is 1. The topological polar surface area (TPSA) is 74.7 Å². The number of anilines is 2. The number of aromatic nitrogens is 1. The first-order valence-electron chi connectivity index (χ1n) is 5.97. The summed E-state index contributed by atoms with van der Waals surface area (Å²) in [5.41, 5.74) is 5.90. The first-order chi connectivity index (χ1) is 9.90. The Labute approximate surface area is 119 Å². The minimum absolute atomic E-state index is 0.104. The smallest absolute Gasteiger partial charge is 0.396 e. The molecule has 1 aromatic heterocycles. The molecule has 0 unspecified atom stereocenters. The summed E-state index contributed by atoms with van der Waals surface area (Å²) in [7, 11) is 0. The van der Waals surface area contributed by atoms with Crippen LogP contribution in [0.1, 0.15) is 16.8 Å². The molecule has 0 aliphatic heterocycles. The number of nitrogens with zero attached hydrogens (tertiary/aromatic N) is 2. The molecule has 21 heavy (non-hydrogen) atoms. The highest BCUT2D eigenvalue weighted by atomic mass is 19.4. The van der Waals surface area contributed by atoms with Gasteiger partial charge in [-0.1, -0.05) is 12.1 Å². The van der Waals surface area contributed by atoms with Crippen molar-refractivity contribution in [2.45, 2.75) is 12.7 Å². The van der Waals surface area contributed by atoms with E-state index in [-0.39, 0.29) is 11.4 Å². The van der Waals surface area contributed by atoms with Gasteiger partial charge in [-0.05, 0) is 29.8 Å². The summed E-state index contributed by atoms with van der Waals surface area (Å²) in [6.07, 6.45) is -4.34. The molecular weight excluding hydrogens is 281 g/mol. The van der Waals surface area contributed by atoms with Gasteiger partial charge in [0.15, 0.2) is 5.69 Å². The van der Waals surface area contributed by atoms with E-state index >= 15 is 0 Å². The molecule has 0 fully saturated rings. The number of nitriles is 1. The van der Waals surface area contributed by atoms with Gasteiger partial charge in [-0.2, -0.15) is 18.4 Å². The fourth-order valence-corrected chi connectivity index (χ4v) is 1.66. The van der Waals surface area contributed by atoms with E-state index in [1.807, 2.05) is 6.07 Å². The lowest BCUT2D eigenvalue weighted by molar-refractivity contribution is -0.137. The molecule has 0 atom stereocenters. The van der Waals surface area contributed by atoms with Gasteiger partial charge in [-0.3, -0.25) is 0 Å². The number of nitrogens with one attached hydrogen (secondary N) is 1. The number of hydrogen-bond donors (Lipinski definition) is 2. The van der Waals surface area contributed by atoms with E-state index in [0.29, 0.717) is 17.9 Å². The van der Waals surface area contributed by atoms with Crippen molar-refractivity contribution in [1.82, 2.24) is 4.98 Å². The number of nitrogen functional groups attached to an aromatic ring is 1. The first-order valence-corrected chi connectivity index (χ1v) is 5.97. The van der Waals surface area contributed by atoms with Crippen LogP contribution in [-0.2, 0) is 12.7 Å². The Morgan fingerprint density at radius 3 is 2.38 bits per heavy atom. The lowest BCUT2D eigenvalue weighted by Gasteiger charge is -2.09. The zero-order valence-corrected chi connectivity index (χ0v) is 10.8. The average molecular weight is 292 g/mol. The van der Waals surface area contributed by atoms with Crippen LogP contribution in [0.5, 0.6) is 0 Å². The van der Waals surface area contributed by atoms with Crippen LogP contribution in [0.15, 0.2) is 36.4 Å². The zero-order chi connectivity index (χ0) is 15.5. The normalized spacial score (nSPS) is 11.0. The van der Waals surface area contributed by atoms with Gasteiger partial charge < -0.3 is 11.1 Å². The van der Waals surface area contributed by atoms with E-state index in [2.05, 4.69) is 10.3 Å². The van der Waals surface area contributed by atoms with Crippen molar-refractivity contribution in [1.29, 1.82) is 5.26 Å². The molecule has 2 aromatic rings. The molecule has 0 saturated carbocycles. The largest absolute Gasteiger partial charge is 0.416 e. The third-order valence-corrected chi connectivity index (χ3v) is 2.79. The molecule has 108 valence electrons. The predicted molar refractivity (Wildman–Crippen MR) is 72.1 cm³/mol. The number of benzene rings is 1. The van der Waals surface area contributed by atoms with Gasteiger partial charge in [-0.25, -0.2) is 4.98 Å². The summed E-state index contributed by atoms with van der Waals surface area (Å²) in [5.74, 6) is 0.431. The zero-order valence-electron chi connectivity index (χ0n) is 10.8.